The van der Waals surface area contributed by atoms with Gasteiger partial charge in [-0.05, 0) is 13.0 Å². The first-order chi connectivity index (χ1) is 7.72. The molecule has 6 nitrogen and oxygen atoms in total. The van der Waals surface area contributed by atoms with Crippen molar-refractivity contribution in [1.82, 2.24) is 9.97 Å². The number of aromatic nitrogens is 2. The number of anilines is 1. The Kier molecular flexibility index (Phi) is 2.63. The van der Waals surface area contributed by atoms with E-state index in [1.54, 1.807) is 12.3 Å². The zero-order valence-electron chi connectivity index (χ0n) is 8.67. The highest BCUT2D eigenvalue weighted by atomic mass is 16.6. The van der Waals surface area contributed by atoms with Gasteiger partial charge in [-0.2, -0.15) is 0 Å². The minimum Gasteiger partial charge on any atom is -0.380 e. The highest BCUT2D eigenvalue weighted by Crippen LogP contribution is 2.28. The van der Waals surface area contributed by atoms with Crippen LogP contribution in [0.3, 0.4) is 0 Å². The van der Waals surface area contributed by atoms with Crippen molar-refractivity contribution in [2.75, 3.05) is 11.9 Å². The van der Waals surface area contributed by atoms with Crippen LogP contribution in [0.2, 0.25) is 0 Å². The van der Waals surface area contributed by atoms with E-state index in [1.807, 2.05) is 6.92 Å². The molecule has 0 aliphatic carbocycles. The van der Waals surface area contributed by atoms with E-state index >= 15 is 0 Å². The van der Waals surface area contributed by atoms with Crippen molar-refractivity contribution in [3.05, 3.63) is 34.8 Å². The van der Waals surface area contributed by atoms with E-state index in [-0.39, 0.29) is 5.69 Å². The molecule has 0 radical (unpaired) electrons. The number of benzene rings is 1. The molecule has 0 fully saturated rings. The number of hydrogen-bond donors (Lipinski definition) is 1. The lowest BCUT2D eigenvalue weighted by Gasteiger charge is -2.05. The largest absolute Gasteiger partial charge is 0.380 e. The van der Waals surface area contributed by atoms with E-state index in [2.05, 4.69) is 15.3 Å². The molecule has 1 heterocycles. The van der Waals surface area contributed by atoms with Crippen LogP contribution in [0.15, 0.2) is 24.7 Å². The molecule has 0 saturated heterocycles. The molecule has 2 rings (SSSR count). The van der Waals surface area contributed by atoms with Crippen molar-refractivity contribution in [1.29, 1.82) is 0 Å². The molecule has 1 N–H and O–H groups in total. The summed E-state index contributed by atoms with van der Waals surface area (Å²) in [6, 6.07) is 3.14. The van der Waals surface area contributed by atoms with Gasteiger partial charge in [0.15, 0.2) is 0 Å². The van der Waals surface area contributed by atoms with E-state index in [9.17, 15) is 10.1 Å². The third kappa shape index (κ3) is 1.77. The van der Waals surface area contributed by atoms with Crippen LogP contribution in [-0.4, -0.2) is 21.4 Å². The van der Waals surface area contributed by atoms with Gasteiger partial charge in [0.05, 0.1) is 10.4 Å². The van der Waals surface area contributed by atoms with Gasteiger partial charge in [0.25, 0.3) is 5.69 Å². The van der Waals surface area contributed by atoms with E-state index in [1.165, 1.54) is 12.4 Å². The monoisotopic (exact) mass is 218 g/mol. The summed E-state index contributed by atoms with van der Waals surface area (Å²) < 4.78 is 0. The second-order valence-electron chi connectivity index (χ2n) is 3.24. The van der Waals surface area contributed by atoms with Crippen LogP contribution in [0.25, 0.3) is 10.9 Å². The summed E-state index contributed by atoms with van der Waals surface area (Å²) in [4.78, 5) is 18.3. The van der Waals surface area contributed by atoms with Crippen molar-refractivity contribution < 1.29 is 4.92 Å². The quantitative estimate of drug-likeness (QED) is 0.629. The maximum atomic E-state index is 10.9. The Hall–Kier alpha value is -2.24. The second kappa shape index (κ2) is 4.09. The van der Waals surface area contributed by atoms with E-state index in [0.717, 1.165) is 0 Å². The first-order valence-corrected chi connectivity index (χ1v) is 4.84. The van der Waals surface area contributed by atoms with Gasteiger partial charge in [-0.15, -0.1) is 0 Å². The fourth-order valence-electron chi connectivity index (χ4n) is 1.50. The van der Waals surface area contributed by atoms with Gasteiger partial charge in [-0.3, -0.25) is 10.1 Å². The molecule has 1 aromatic carbocycles. The van der Waals surface area contributed by atoms with Crippen LogP contribution in [0.5, 0.6) is 0 Å². The number of nitro benzene ring substituents is 1. The second-order valence-corrected chi connectivity index (χ2v) is 3.24. The van der Waals surface area contributed by atoms with E-state index in [0.29, 0.717) is 23.1 Å². The van der Waals surface area contributed by atoms with Gasteiger partial charge in [0.1, 0.15) is 12.0 Å². The number of nitrogens with zero attached hydrogens (tertiary/aromatic N) is 3. The van der Waals surface area contributed by atoms with Crippen LogP contribution >= 0.6 is 0 Å². The van der Waals surface area contributed by atoms with Gasteiger partial charge in [-0.1, -0.05) is 0 Å². The number of nitrogens with one attached hydrogen (secondary N) is 1. The van der Waals surface area contributed by atoms with Gasteiger partial charge in [-0.25, -0.2) is 9.97 Å². The maximum absolute atomic E-state index is 10.9. The molecule has 82 valence electrons. The minimum absolute atomic E-state index is 0.0455. The molecule has 0 aliphatic heterocycles. The first-order valence-electron chi connectivity index (χ1n) is 4.84. The van der Waals surface area contributed by atoms with Crippen LogP contribution < -0.4 is 5.32 Å². The zero-order chi connectivity index (χ0) is 11.5. The molecule has 2 aromatic rings. The molecule has 0 atom stereocenters. The summed E-state index contributed by atoms with van der Waals surface area (Å²) in [5.74, 6) is 0. The zero-order valence-corrected chi connectivity index (χ0v) is 8.67. The van der Waals surface area contributed by atoms with Crippen molar-refractivity contribution in [2.24, 2.45) is 0 Å². The standard InChI is InChI=1S/C10H10N4O2/c1-2-12-9-4-8-7(5-11-6-13-8)3-10(9)14(15)16/h3-6,12H,2H2,1H3. The molecule has 0 saturated carbocycles. The van der Waals surface area contributed by atoms with Crippen molar-refractivity contribution >= 4 is 22.3 Å². The smallest absolute Gasteiger partial charge is 0.293 e. The molecule has 0 spiro atoms. The third-order valence-electron chi connectivity index (χ3n) is 2.19. The van der Waals surface area contributed by atoms with Crippen LogP contribution in [0, 0.1) is 10.1 Å². The van der Waals surface area contributed by atoms with Gasteiger partial charge in [0, 0.05) is 24.2 Å². The Morgan fingerprint density at radius 2 is 2.31 bits per heavy atom. The summed E-state index contributed by atoms with van der Waals surface area (Å²) in [6.07, 6.45) is 2.98. The first kappa shape index (κ1) is 10.3. The van der Waals surface area contributed by atoms with E-state index < -0.39 is 4.92 Å². The van der Waals surface area contributed by atoms with Crippen LogP contribution in [0.1, 0.15) is 6.92 Å². The fourth-order valence-corrected chi connectivity index (χ4v) is 1.50. The van der Waals surface area contributed by atoms with Gasteiger partial charge < -0.3 is 5.32 Å². The molecule has 0 amide bonds. The van der Waals surface area contributed by atoms with Crippen molar-refractivity contribution in [3.8, 4) is 0 Å². The molecular weight excluding hydrogens is 208 g/mol. The van der Waals surface area contributed by atoms with Crippen LogP contribution in [-0.2, 0) is 0 Å². The summed E-state index contributed by atoms with van der Waals surface area (Å²) in [6.45, 7) is 2.51. The highest BCUT2D eigenvalue weighted by molar-refractivity contribution is 5.86. The summed E-state index contributed by atoms with van der Waals surface area (Å²) in [5.41, 5.74) is 1.22. The summed E-state index contributed by atoms with van der Waals surface area (Å²) >= 11 is 0. The van der Waals surface area contributed by atoms with Gasteiger partial charge in [0.2, 0.25) is 0 Å². The van der Waals surface area contributed by atoms with E-state index in [4.69, 9.17) is 0 Å². The van der Waals surface area contributed by atoms with Gasteiger partial charge >= 0.3 is 0 Å². The predicted molar refractivity (Wildman–Crippen MR) is 60.4 cm³/mol. The van der Waals surface area contributed by atoms with Crippen molar-refractivity contribution in [2.45, 2.75) is 6.92 Å². The number of rotatable bonds is 3. The SMILES string of the molecule is CCNc1cc2ncncc2cc1[N+](=O)[O-]. The Morgan fingerprint density at radius 3 is 3.00 bits per heavy atom. The predicted octanol–water partition coefficient (Wildman–Crippen LogP) is 1.97. The lowest BCUT2D eigenvalue weighted by atomic mass is 10.2. The normalized spacial score (nSPS) is 10.3. The third-order valence-corrected chi connectivity index (χ3v) is 2.19. The minimum atomic E-state index is -0.412. The summed E-state index contributed by atoms with van der Waals surface area (Å²) in [7, 11) is 0. The number of hydrogen-bond acceptors (Lipinski definition) is 5. The Labute approximate surface area is 91.5 Å². The highest BCUT2D eigenvalue weighted by Gasteiger charge is 2.14. The molecule has 0 bridgehead atoms. The average Bonchev–Trinajstić information content (AvgIpc) is 2.28. The lowest BCUT2D eigenvalue weighted by Crippen LogP contribution is -2.01. The van der Waals surface area contributed by atoms with Crippen LogP contribution in [0.4, 0.5) is 11.4 Å². The molecule has 16 heavy (non-hydrogen) atoms. The number of nitro groups is 1. The molecule has 1 aromatic heterocycles. The lowest BCUT2D eigenvalue weighted by molar-refractivity contribution is -0.383. The summed E-state index contributed by atoms with van der Waals surface area (Å²) in [5, 5.41) is 14.5. The Morgan fingerprint density at radius 1 is 1.50 bits per heavy atom. The Balaban J connectivity index is 2.65. The Bertz CT molecular complexity index is 541. The maximum Gasteiger partial charge on any atom is 0.293 e. The fraction of sp³-hybridized carbons (Fsp3) is 0.200. The molecular formula is C10H10N4O2. The molecule has 6 heteroatoms. The average molecular weight is 218 g/mol. The molecule has 0 unspecified atom stereocenters. The topological polar surface area (TPSA) is 81.0 Å². The molecule has 0 aliphatic rings. The number of fused-ring (bicyclic) bond motifs is 1. The van der Waals surface area contributed by atoms with Crippen molar-refractivity contribution in [3.63, 3.8) is 0 Å².